The minimum Gasteiger partial charge on any atom is -0.440 e. The molecule has 1 fully saturated rings. The van der Waals surface area contributed by atoms with E-state index < -0.39 is 0 Å². The maximum Gasteiger partial charge on any atom is 0.236 e. The number of piperidine rings is 1. The summed E-state index contributed by atoms with van der Waals surface area (Å²) in [6.45, 7) is 3.08. The summed E-state index contributed by atoms with van der Waals surface area (Å²) in [6, 6.07) is 3.90. The Morgan fingerprint density at radius 2 is 2.29 bits per heavy atom. The second-order valence-corrected chi connectivity index (χ2v) is 6.24. The van der Waals surface area contributed by atoms with Gasteiger partial charge in [0.05, 0.1) is 23.1 Å². The summed E-state index contributed by atoms with van der Waals surface area (Å²) in [7, 11) is 0. The quantitative estimate of drug-likeness (QED) is 0.944. The number of hydrogen-bond acceptors (Lipinski definition) is 5. The van der Waals surface area contributed by atoms with Gasteiger partial charge in [0.15, 0.2) is 0 Å². The summed E-state index contributed by atoms with van der Waals surface area (Å²) >= 11 is 1.57. The fourth-order valence-corrected chi connectivity index (χ4v) is 3.12. The zero-order valence-corrected chi connectivity index (χ0v) is 12.7. The average molecular weight is 306 g/mol. The van der Waals surface area contributed by atoms with Crippen LogP contribution < -0.4 is 0 Å². The smallest absolute Gasteiger partial charge is 0.236 e. The lowest BCUT2D eigenvalue weighted by Gasteiger charge is -2.29. The van der Waals surface area contributed by atoms with Crippen LogP contribution in [0.4, 0.5) is 0 Å². The molecule has 3 heterocycles. The van der Waals surface area contributed by atoms with E-state index in [1.807, 2.05) is 24.4 Å². The van der Waals surface area contributed by atoms with Crippen LogP contribution in [-0.4, -0.2) is 40.1 Å². The maximum atomic E-state index is 12.3. The van der Waals surface area contributed by atoms with E-state index in [1.54, 1.807) is 16.2 Å². The van der Waals surface area contributed by atoms with Crippen molar-refractivity contribution in [3.8, 4) is 10.8 Å². The summed E-state index contributed by atoms with van der Waals surface area (Å²) in [4.78, 5) is 19.5. The highest BCUT2D eigenvalue weighted by Crippen LogP contribution is 2.26. The molecule has 0 bridgehead atoms. The van der Waals surface area contributed by atoms with Gasteiger partial charge in [0, 0.05) is 13.1 Å². The normalized spacial score (nSPS) is 16.4. The SMILES string of the molecule is Cc1oc(-c2cccs2)nc1CC(=O)N1CCC(O)CC1. The Kier molecular flexibility index (Phi) is 4.07. The van der Waals surface area contributed by atoms with E-state index in [0.717, 1.165) is 4.88 Å². The van der Waals surface area contributed by atoms with E-state index in [-0.39, 0.29) is 18.4 Å². The molecular weight excluding hydrogens is 288 g/mol. The largest absolute Gasteiger partial charge is 0.440 e. The fraction of sp³-hybridized carbons (Fsp3) is 0.467. The molecule has 1 aliphatic heterocycles. The van der Waals surface area contributed by atoms with Crippen molar-refractivity contribution >= 4 is 17.2 Å². The Labute approximate surface area is 127 Å². The molecule has 0 aliphatic carbocycles. The molecular formula is C15H18N2O3S. The molecule has 0 unspecified atom stereocenters. The zero-order valence-electron chi connectivity index (χ0n) is 11.9. The van der Waals surface area contributed by atoms with Crippen LogP contribution in [0.2, 0.25) is 0 Å². The van der Waals surface area contributed by atoms with Crippen molar-refractivity contribution in [2.45, 2.75) is 32.3 Å². The zero-order chi connectivity index (χ0) is 14.8. The number of thiophene rings is 1. The Bertz CT molecular complexity index is 613. The molecule has 21 heavy (non-hydrogen) atoms. The van der Waals surface area contributed by atoms with Gasteiger partial charge in [0.2, 0.25) is 11.8 Å². The van der Waals surface area contributed by atoms with Gasteiger partial charge in [-0.2, -0.15) is 0 Å². The Morgan fingerprint density at radius 3 is 2.95 bits per heavy atom. The van der Waals surface area contributed by atoms with Gasteiger partial charge in [0.1, 0.15) is 5.76 Å². The third-order valence-electron chi connectivity index (χ3n) is 3.76. The van der Waals surface area contributed by atoms with Crippen molar-refractivity contribution in [2.24, 2.45) is 0 Å². The number of oxazole rings is 1. The molecule has 6 heteroatoms. The number of aliphatic hydroxyl groups excluding tert-OH is 1. The molecule has 3 rings (SSSR count). The van der Waals surface area contributed by atoms with Crippen LogP contribution in [0.25, 0.3) is 10.8 Å². The first-order valence-electron chi connectivity index (χ1n) is 7.09. The van der Waals surface area contributed by atoms with Gasteiger partial charge in [-0.05, 0) is 31.2 Å². The van der Waals surface area contributed by atoms with Crippen LogP contribution in [0.5, 0.6) is 0 Å². The molecule has 2 aromatic rings. The van der Waals surface area contributed by atoms with Gasteiger partial charge < -0.3 is 14.4 Å². The molecule has 0 saturated carbocycles. The molecule has 1 aliphatic rings. The van der Waals surface area contributed by atoms with Gasteiger partial charge >= 0.3 is 0 Å². The van der Waals surface area contributed by atoms with E-state index >= 15 is 0 Å². The number of carbonyl (C=O) groups is 1. The molecule has 0 aromatic carbocycles. The number of amides is 1. The predicted octanol–water partition coefficient (Wildman–Crippen LogP) is 2.24. The van der Waals surface area contributed by atoms with Crippen LogP contribution in [0.1, 0.15) is 24.3 Å². The summed E-state index contributed by atoms with van der Waals surface area (Å²) in [6.07, 6.45) is 1.30. The molecule has 2 aromatic heterocycles. The molecule has 112 valence electrons. The number of hydrogen-bond donors (Lipinski definition) is 1. The molecule has 1 saturated heterocycles. The summed E-state index contributed by atoms with van der Waals surface area (Å²) in [5.74, 6) is 1.33. The third-order valence-corrected chi connectivity index (χ3v) is 4.62. The highest BCUT2D eigenvalue weighted by molar-refractivity contribution is 7.13. The van der Waals surface area contributed by atoms with Crippen LogP contribution in [0.3, 0.4) is 0 Å². The minimum absolute atomic E-state index is 0.0519. The van der Waals surface area contributed by atoms with Gasteiger partial charge in [-0.3, -0.25) is 4.79 Å². The lowest BCUT2D eigenvalue weighted by Crippen LogP contribution is -2.40. The maximum absolute atomic E-state index is 12.3. The number of carbonyl (C=O) groups excluding carboxylic acids is 1. The summed E-state index contributed by atoms with van der Waals surface area (Å²) < 4.78 is 5.65. The molecule has 1 amide bonds. The number of nitrogens with zero attached hydrogens (tertiary/aromatic N) is 2. The van der Waals surface area contributed by atoms with Crippen LogP contribution in [0.15, 0.2) is 21.9 Å². The highest BCUT2D eigenvalue weighted by Gasteiger charge is 2.23. The summed E-state index contributed by atoms with van der Waals surface area (Å²) in [5.41, 5.74) is 0.703. The number of aromatic nitrogens is 1. The van der Waals surface area contributed by atoms with Crippen LogP contribution in [0, 0.1) is 6.92 Å². The topological polar surface area (TPSA) is 66.6 Å². The van der Waals surface area contributed by atoms with Crippen molar-refractivity contribution in [3.05, 3.63) is 29.0 Å². The van der Waals surface area contributed by atoms with E-state index in [0.29, 0.717) is 43.3 Å². The monoisotopic (exact) mass is 306 g/mol. The van der Waals surface area contributed by atoms with E-state index in [4.69, 9.17) is 4.42 Å². The second-order valence-electron chi connectivity index (χ2n) is 5.29. The lowest BCUT2D eigenvalue weighted by molar-refractivity contribution is -0.132. The summed E-state index contributed by atoms with van der Waals surface area (Å²) in [5, 5.41) is 11.5. The van der Waals surface area contributed by atoms with E-state index in [2.05, 4.69) is 4.98 Å². The Balaban J connectivity index is 1.69. The molecule has 0 spiro atoms. The first kappa shape index (κ1) is 14.3. The number of rotatable bonds is 3. The van der Waals surface area contributed by atoms with Crippen molar-refractivity contribution in [2.75, 3.05) is 13.1 Å². The van der Waals surface area contributed by atoms with Gasteiger partial charge in [0.25, 0.3) is 0 Å². The van der Waals surface area contributed by atoms with E-state index in [1.165, 1.54) is 0 Å². The molecule has 1 N–H and O–H groups in total. The van der Waals surface area contributed by atoms with E-state index in [9.17, 15) is 9.90 Å². The average Bonchev–Trinajstić information content (AvgIpc) is 3.10. The van der Waals surface area contributed by atoms with Crippen molar-refractivity contribution < 1.29 is 14.3 Å². The van der Waals surface area contributed by atoms with Crippen LogP contribution >= 0.6 is 11.3 Å². The fourth-order valence-electron chi connectivity index (χ4n) is 2.47. The number of aryl methyl sites for hydroxylation is 1. The third kappa shape index (κ3) is 3.16. The van der Waals surface area contributed by atoms with Gasteiger partial charge in [-0.15, -0.1) is 11.3 Å². The standard InChI is InChI=1S/C15H18N2O3S/c1-10-12(16-15(20-10)13-3-2-8-21-13)9-14(19)17-6-4-11(18)5-7-17/h2-3,8,11,18H,4-7,9H2,1H3. The van der Waals surface area contributed by atoms with Crippen LogP contribution in [-0.2, 0) is 11.2 Å². The molecule has 0 atom stereocenters. The number of aliphatic hydroxyl groups is 1. The Morgan fingerprint density at radius 1 is 1.52 bits per heavy atom. The van der Waals surface area contributed by atoms with Crippen molar-refractivity contribution in [3.63, 3.8) is 0 Å². The molecule has 0 radical (unpaired) electrons. The predicted molar refractivity (Wildman–Crippen MR) is 80.1 cm³/mol. The van der Waals surface area contributed by atoms with Gasteiger partial charge in [-0.1, -0.05) is 6.07 Å². The van der Waals surface area contributed by atoms with Gasteiger partial charge in [-0.25, -0.2) is 4.98 Å². The number of likely N-dealkylation sites (tertiary alicyclic amines) is 1. The second kappa shape index (κ2) is 5.99. The molecule has 5 nitrogen and oxygen atoms in total. The van der Waals surface area contributed by atoms with Crippen molar-refractivity contribution in [1.29, 1.82) is 0 Å². The first-order valence-corrected chi connectivity index (χ1v) is 7.97. The minimum atomic E-state index is -0.270. The first-order chi connectivity index (χ1) is 10.1. The highest BCUT2D eigenvalue weighted by atomic mass is 32.1. The van der Waals surface area contributed by atoms with Crippen molar-refractivity contribution in [1.82, 2.24) is 9.88 Å². The Hall–Kier alpha value is -1.66. The lowest BCUT2D eigenvalue weighted by atomic mass is 10.1.